The van der Waals surface area contributed by atoms with Crippen molar-refractivity contribution in [2.45, 2.75) is 39.1 Å². The summed E-state index contributed by atoms with van der Waals surface area (Å²) in [5.41, 5.74) is 2.46. The van der Waals surface area contributed by atoms with Gasteiger partial charge in [0.25, 0.3) is 9.05 Å². The molecule has 0 aromatic heterocycles. The molecule has 4 nitrogen and oxygen atoms in total. The topological polar surface area (TPSA) is 64.1 Å². The number of nitrogens with zero attached hydrogens (tertiary/aromatic N) is 1. The molecule has 1 N–H and O–H groups in total. The van der Waals surface area contributed by atoms with Crippen LogP contribution in [0, 0.1) is 6.92 Å². The Morgan fingerprint density at radius 1 is 0.857 bits per heavy atom. The molecule has 2 aromatic rings. The van der Waals surface area contributed by atoms with Gasteiger partial charge in [-0.3, -0.25) is 0 Å². The number of aryl methyl sites for hydroxylation is 1. The predicted molar refractivity (Wildman–Crippen MR) is 108 cm³/mol. The summed E-state index contributed by atoms with van der Waals surface area (Å²) in [4.78, 5) is 0.143. The number of rotatable bonds is 6. The van der Waals surface area contributed by atoms with E-state index in [1.165, 1.54) is 48.4 Å². The molecule has 0 radical (unpaired) electrons. The van der Waals surface area contributed by atoms with Crippen LogP contribution in [0.1, 0.15) is 31.9 Å². The Bertz CT molecular complexity index is 730. The van der Waals surface area contributed by atoms with Crippen molar-refractivity contribution in [3.05, 3.63) is 65.7 Å². The third kappa shape index (κ3) is 11.2. The molecule has 0 spiro atoms. The van der Waals surface area contributed by atoms with Crippen LogP contribution in [0.5, 0.6) is 0 Å². The first-order valence-corrected chi connectivity index (χ1v) is 11.0. The van der Waals surface area contributed by atoms with Crippen molar-refractivity contribution >= 4 is 19.7 Å². The van der Waals surface area contributed by atoms with Gasteiger partial charge < -0.3 is 22.4 Å². The average Bonchev–Trinajstić information content (AvgIpc) is 2.61. The van der Waals surface area contributed by atoms with Crippen LogP contribution in [0.25, 0.3) is 0 Å². The van der Waals surface area contributed by atoms with E-state index in [1.807, 2.05) is 6.92 Å². The van der Waals surface area contributed by atoms with E-state index < -0.39 is 9.05 Å². The van der Waals surface area contributed by atoms with Crippen molar-refractivity contribution < 1.29 is 60.3 Å². The molecule has 154 valence electrons. The molecule has 0 saturated heterocycles. The fourth-order valence-corrected chi connectivity index (χ4v) is 3.45. The molecule has 8 heteroatoms. The second-order valence-corrected chi connectivity index (χ2v) is 8.75. The second-order valence-electron chi connectivity index (χ2n) is 6.18. The van der Waals surface area contributed by atoms with Gasteiger partial charge in [-0.2, -0.15) is 0 Å². The van der Waals surface area contributed by atoms with Gasteiger partial charge in [-0.1, -0.05) is 48.0 Å². The third-order valence-electron chi connectivity index (χ3n) is 4.68. The molecule has 0 fully saturated rings. The van der Waals surface area contributed by atoms with Crippen LogP contribution in [-0.4, -0.2) is 38.0 Å². The van der Waals surface area contributed by atoms with Gasteiger partial charge in [-0.25, -0.2) is 8.42 Å². The van der Waals surface area contributed by atoms with Crippen molar-refractivity contribution in [2.24, 2.45) is 0 Å². The number of halogens is 2. The molecule has 0 aliphatic heterocycles. The van der Waals surface area contributed by atoms with E-state index in [-0.39, 0.29) is 52.3 Å². The summed E-state index contributed by atoms with van der Waals surface area (Å²) >= 11 is 0. The Labute approximate surface area is 203 Å². The molecule has 0 saturated carbocycles. The van der Waals surface area contributed by atoms with Crippen LogP contribution >= 0.6 is 10.7 Å². The Hall–Kier alpha value is -0.110. The van der Waals surface area contributed by atoms with Crippen LogP contribution < -0.4 is 42.0 Å². The van der Waals surface area contributed by atoms with Crippen molar-refractivity contribution in [3.8, 4) is 0 Å². The number of hydrogen-bond acceptors (Lipinski definition) is 3. The van der Waals surface area contributed by atoms with Crippen LogP contribution in [0.3, 0.4) is 0 Å². The Balaban J connectivity index is -0.000000412. The molecular formula is C20H30Cl2NNaO3S. The van der Waals surface area contributed by atoms with E-state index in [0.717, 1.165) is 5.56 Å². The monoisotopic (exact) mass is 457 g/mol. The maximum atomic E-state index is 10.7. The number of benzene rings is 2. The zero-order chi connectivity index (χ0) is 18.9. The summed E-state index contributed by atoms with van der Waals surface area (Å²) < 4.78 is 22.6. The Morgan fingerprint density at radius 2 is 1.29 bits per heavy atom. The smallest absolute Gasteiger partial charge is 1.00 e. The van der Waals surface area contributed by atoms with E-state index in [2.05, 4.69) is 51.1 Å². The molecule has 0 unspecified atom stereocenters. The normalized spacial score (nSPS) is 10.3. The number of hydrogen-bond donors (Lipinski definition) is 0. The van der Waals surface area contributed by atoms with Gasteiger partial charge in [-0.15, -0.1) is 0 Å². The minimum absolute atomic E-state index is 0. The fourth-order valence-electron chi connectivity index (χ4n) is 2.68. The van der Waals surface area contributed by atoms with Crippen molar-refractivity contribution in [2.75, 3.05) is 19.6 Å². The Morgan fingerprint density at radius 3 is 1.64 bits per heavy atom. The van der Waals surface area contributed by atoms with Crippen LogP contribution in [0.15, 0.2) is 59.5 Å². The summed E-state index contributed by atoms with van der Waals surface area (Å²) in [5, 5.41) is 0. The SMILES string of the molecule is CC[N+](CC)(CC)Cc1ccccc1.Cc1ccc(S(=O)(=O)Cl)cc1.[Cl-].[Na+].[OH-]. The zero-order valence-corrected chi connectivity index (χ0v) is 21.7. The van der Waals surface area contributed by atoms with Crippen molar-refractivity contribution in [3.63, 3.8) is 0 Å². The Kier molecular flexibility index (Phi) is 18.2. The maximum absolute atomic E-state index is 10.7. The van der Waals surface area contributed by atoms with Gasteiger partial charge in [0.1, 0.15) is 6.54 Å². The summed E-state index contributed by atoms with van der Waals surface area (Å²) in [6.45, 7) is 13.6. The van der Waals surface area contributed by atoms with E-state index in [0.29, 0.717) is 0 Å². The minimum Gasteiger partial charge on any atom is -1.00 e. The first kappa shape index (κ1) is 32.6. The van der Waals surface area contributed by atoms with E-state index in [9.17, 15) is 8.42 Å². The van der Waals surface area contributed by atoms with Crippen molar-refractivity contribution in [1.29, 1.82) is 0 Å². The summed E-state index contributed by atoms with van der Waals surface area (Å²) in [5.74, 6) is 0. The molecule has 0 aliphatic carbocycles. The minimum atomic E-state index is -3.55. The van der Waals surface area contributed by atoms with Gasteiger partial charge in [0.05, 0.1) is 24.5 Å². The molecule has 2 rings (SSSR count). The average molecular weight is 458 g/mol. The molecule has 0 heterocycles. The van der Waals surface area contributed by atoms with Gasteiger partial charge in [0.2, 0.25) is 0 Å². The first-order chi connectivity index (χ1) is 11.8. The van der Waals surface area contributed by atoms with Crippen LogP contribution in [0.2, 0.25) is 0 Å². The number of quaternary nitrogens is 1. The second kappa shape index (κ2) is 15.7. The van der Waals surface area contributed by atoms with Crippen LogP contribution in [-0.2, 0) is 15.6 Å². The maximum Gasteiger partial charge on any atom is 1.00 e. The molecule has 0 aliphatic rings. The summed E-state index contributed by atoms with van der Waals surface area (Å²) in [6.07, 6.45) is 0. The summed E-state index contributed by atoms with van der Waals surface area (Å²) in [6, 6.07) is 17.2. The standard InChI is InChI=1S/C13H22N.C7H7ClO2S.ClH.Na.H2O/c1-4-14(5-2,6-3)12-13-10-8-7-9-11-13;1-6-2-4-7(5-3-6)11(8,9)10;;;/h7-11H,4-6,12H2,1-3H3;2-5H,1H3;1H;;1H2/q+1;;;+1;/p-2. The van der Waals surface area contributed by atoms with Gasteiger partial charge >= 0.3 is 29.6 Å². The van der Waals surface area contributed by atoms with E-state index in [1.54, 1.807) is 12.1 Å². The molecule has 28 heavy (non-hydrogen) atoms. The third-order valence-corrected chi connectivity index (χ3v) is 6.05. The molecule has 0 bridgehead atoms. The molecular weight excluding hydrogens is 428 g/mol. The molecule has 2 aromatic carbocycles. The fraction of sp³-hybridized carbons (Fsp3) is 0.400. The quantitative estimate of drug-likeness (QED) is 0.311. The predicted octanol–water partition coefficient (Wildman–Crippen LogP) is -1.18. The van der Waals surface area contributed by atoms with Crippen LogP contribution in [0.4, 0.5) is 0 Å². The van der Waals surface area contributed by atoms with E-state index in [4.69, 9.17) is 10.7 Å². The van der Waals surface area contributed by atoms with E-state index >= 15 is 0 Å². The van der Waals surface area contributed by atoms with Crippen molar-refractivity contribution in [1.82, 2.24) is 0 Å². The first-order valence-electron chi connectivity index (χ1n) is 8.66. The van der Waals surface area contributed by atoms with Gasteiger partial charge in [-0.05, 0) is 39.8 Å². The largest absolute Gasteiger partial charge is 1.00 e. The summed E-state index contributed by atoms with van der Waals surface area (Å²) in [7, 11) is 1.54. The molecule has 0 amide bonds. The van der Waals surface area contributed by atoms with Gasteiger partial charge in [0, 0.05) is 16.2 Å². The van der Waals surface area contributed by atoms with Gasteiger partial charge in [0.15, 0.2) is 0 Å². The zero-order valence-electron chi connectivity index (χ0n) is 17.4. The molecule has 0 atom stereocenters.